The highest BCUT2D eigenvalue weighted by molar-refractivity contribution is 5.28. The molecule has 0 aliphatic carbocycles. The Morgan fingerprint density at radius 2 is 1.65 bits per heavy atom. The minimum absolute atomic E-state index is 0.211. The van der Waals surface area contributed by atoms with E-state index in [1.165, 1.54) is 32.4 Å². The van der Waals surface area contributed by atoms with Gasteiger partial charge in [-0.05, 0) is 51.2 Å². The molecule has 2 nitrogen and oxygen atoms in total. The van der Waals surface area contributed by atoms with Crippen molar-refractivity contribution in [1.29, 1.82) is 0 Å². The van der Waals surface area contributed by atoms with Crippen molar-refractivity contribution in [3.8, 4) is 0 Å². The topological polar surface area (TPSA) is 15.3 Å². The second kappa shape index (κ2) is 6.73. The molecule has 1 aliphatic rings. The molecule has 1 aromatic rings. The molecule has 0 saturated heterocycles. The molecule has 0 radical (unpaired) electrons. The maximum absolute atomic E-state index is 3.67. The van der Waals surface area contributed by atoms with Crippen LogP contribution in [-0.4, -0.2) is 36.1 Å². The van der Waals surface area contributed by atoms with E-state index in [1.54, 1.807) is 11.1 Å². The summed E-state index contributed by atoms with van der Waals surface area (Å²) in [5.74, 6) is 0. The highest BCUT2D eigenvalue weighted by atomic mass is 15.2. The van der Waals surface area contributed by atoms with E-state index in [9.17, 15) is 0 Å². The molecule has 0 amide bonds. The minimum atomic E-state index is 0.211. The van der Waals surface area contributed by atoms with Crippen LogP contribution in [0.4, 0.5) is 0 Å². The van der Waals surface area contributed by atoms with Crippen molar-refractivity contribution in [2.45, 2.75) is 58.5 Å². The molecule has 0 spiro atoms. The van der Waals surface area contributed by atoms with Gasteiger partial charge in [-0.25, -0.2) is 0 Å². The Balaban J connectivity index is 1.96. The lowest BCUT2D eigenvalue weighted by Crippen LogP contribution is -2.48. The molecular weight excluding hydrogens is 244 g/mol. The summed E-state index contributed by atoms with van der Waals surface area (Å²) in [6, 6.07) is 9.60. The molecule has 1 atom stereocenters. The average molecular weight is 274 g/mol. The third-order valence-electron chi connectivity index (χ3n) is 4.31. The fourth-order valence-electron chi connectivity index (χ4n) is 3.01. The Hall–Kier alpha value is -0.860. The number of hydrogen-bond donors (Lipinski definition) is 1. The molecule has 0 saturated carbocycles. The van der Waals surface area contributed by atoms with Crippen molar-refractivity contribution in [3.63, 3.8) is 0 Å². The Morgan fingerprint density at radius 1 is 1.10 bits per heavy atom. The Labute approximate surface area is 124 Å². The number of nitrogens with one attached hydrogen (secondary N) is 1. The van der Waals surface area contributed by atoms with E-state index in [2.05, 4.69) is 62.2 Å². The smallest absolute Gasteiger partial charge is 0.0218 e. The fourth-order valence-corrected chi connectivity index (χ4v) is 3.01. The molecule has 0 fully saturated rings. The normalized spacial score (nSPS) is 18.4. The zero-order chi connectivity index (χ0) is 14.6. The molecule has 1 N–H and O–H groups in total. The van der Waals surface area contributed by atoms with E-state index in [-0.39, 0.29) is 5.54 Å². The van der Waals surface area contributed by atoms with Crippen LogP contribution in [-0.2, 0) is 12.8 Å². The van der Waals surface area contributed by atoms with Gasteiger partial charge in [0.2, 0.25) is 0 Å². The largest absolute Gasteiger partial charge is 0.311 e. The van der Waals surface area contributed by atoms with Gasteiger partial charge >= 0.3 is 0 Å². The first-order chi connectivity index (χ1) is 9.49. The van der Waals surface area contributed by atoms with Crippen LogP contribution in [0.25, 0.3) is 0 Å². The van der Waals surface area contributed by atoms with Crippen LogP contribution in [0.3, 0.4) is 0 Å². The summed E-state index contributed by atoms with van der Waals surface area (Å²) in [5, 5.41) is 3.67. The van der Waals surface area contributed by atoms with Crippen molar-refractivity contribution in [3.05, 3.63) is 35.4 Å². The standard InChI is InChI=1S/C18H30N2/c1-5-17(14-19-18(2,3)4)20-12-10-15-8-6-7-9-16(15)11-13-20/h6-9,17,19H,5,10-14H2,1-4H3. The van der Waals surface area contributed by atoms with Gasteiger partial charge in [-0.3, -0.25) is 4.90 Å². The number of benzene rings is 1. The third kappa shape index (κ3) is 4.32. The first-order valence-corrected chi connectivity index (χ1v) is 8.05. The lowest BCUT2D eigenvalue weighted by molar-refractivity contribution is 0.185. The monoisotopic (exact) mass is 274 g/mol. The van der Waals surface area contributed by atoms with Crippen molar-refractivity contribution in [2.75, 3.05) is 19.6 Å². The summed E-state index contributed by atoms with van der Waals surface area (Å²) in [6.07, 6.45) is 3.61. The number of rotatable bonds is 4. The molecule has 1 aromatic carbocycles. The Bertz CT molecular complexity index is 393. The first kappa shape index (κ1) is 15.5. The number of nitrogens with zero attached hydrogens (tertiary/aromatic N) is 1. The predicted octanol–water partition coefficient (Wildman–Crippen LogP) is 3.25. The molecule has 2 rings (SSSR count). The predicted molar refractivity (Wildman–Crippen MR) is 87.3 cm³/mol. The lowest BCUT2D eigenvalue weighted by Gasteiger charge is -2.33. The maximum Gasteiger partial charge on any atom is 0.0218 e. The lowest BCUT2D eigenvalue weighted by atomic mass is 10.0. The fraction of sp³-hybridized carbons (Fsp3) is 0.667. The SMILES string of the molecule is CCC(CNC(C)(C)C)N1CCc2ccccc2CC1. The van der Waals surface area contributed by atoms with E-state index in [1.807, 2.05) is 0 Å². The number of fused-ring (bicyclic) bond motifs is 1. The molecule has 1 aliphatic heterocycles. The van der Waals surface area contributed by atoms with Crippen LogP contribution >= 0.6 is 0 Å². The van der Waals surface area contributed by atoms with Crippen LogP contribution in [0.15, 0.2) is 24.3 Å². The van der Waals surface area contributed by atoms with E-state index < -0.39 is 0 Å². The van der Waals surface area contributed by atoms with Crippen LogP contribution in [0.5, 0.6) is 0 Å². The van der Waals surface area contributed by atoms with Gasteiger partial charge in [0.1, 0.15) is 0 Å². The molecule has 20 heavy (non-hydrogen) atoms. The van der Waals surface area contributed by atoms with Crippen molar-refractivity contribution < 1.29 is 0 Å². The summed E-state index contributed by atoms with van der Waals surface area (Å²) < 4.78 is 0. The van der Waals surface area contributed by atoms with Crippen LogP contribution in [0.1, 0.15) is 45.2 Å². The van der Waals surface area contributed by atoms with Crippen LogP contribution < -0.4 is 5.32 Å². The van der Waals surface area contributed by atoms with Gasteiger partial charge in [0.25, 0.3) is 0 Å². The quantitative estimate of drug-likeness (QED) is 0.906. The van der Waals surface area contributed by atoms with Gasteiger partial charge in [0.05, 0.1) is 0 Å². The summed E-state index contributed by atoms with van der Waals surface area (Å²) in [5.41, 5.74) is 3.31. The molecule has 0 aromatic heterocycles. The van der Waals surface area contributed by atoms with Gasteiger partial charge < -0.3 is 5.32 Å². The highest BCUT2D eigenvalue weighted by Gasteiger charge is 2.21. The van der Waals surface area contributed by atoms with Gasteiger partial charge in [-0.15, -0.1) is 0 Å². The molecular formula is C18H30N2. The van der Waals surface area contributed by atoms with Crippen LogP contribution in [0.2, 0.25) is 0 Å². The second-order valence-corrected chi connectivity index (χ2v) is 7.00. The van der Waals surface area contributed by atoms with Gasteiger partial charge in [-0.2, -0.15) is 0 Å². The van der Waals surface area contributed by atoms with Gasteiger partial charge in [0, 0.05) is 31.2 Å². The zero-order valence-corrected chi connectivity index (χ0v) is 13.6. The minimum Gasteiger partial charge on any atom is -0.311 e. The van der Waals surface area contributed by atoms with Gasteiger partial charge in [-0.1, -0.05) is 31.2 Å². The van der Waals surface area contributed by atoms with E-state index in [0.29, 0.717) is 6.04 Å². The molecule has 0 bridgehead atoms. The third-order valence-corrected chi connectivity index (χ3v) is 4.31. The summed E-state index contributed by atoms with van der Waals surface area (Å²) in [6.45, 7) is 12.5. The first-order valence-electron chi connectivity index (χ1n) is 8.05. The molecule has 1 heterocycles. The summed E-state index contributed by atoms with van der Waals surface area (Å²) in [7, 11) is 0. The summed E-state index contributed by atoms with van der Waals surface area (Å²) >= 11 is 0. The average Bonchev–Trinajstić information content (AvgIpc) is 2.61. The highest BCUT2D eigenvalue weighted by Crippen LogP contribution is 2.18. The molecule has 2 heteroatoms. The van der Waals surface area contributed by atoms with E-state index in [4.69, 9.17) is 0 Å². The molecule has 112 valence electrons. The van der Waals surface area contributed by atoms with Gasteiger partial charge in [0.15, 0.2) is 0 Å². The van der Waals surface area contributed by atoms with E-state index >= 15 is 0 Å². The summed E-state index contributed by atoms with van der Waals surface area (Å²) in [4.78, 5) is 2.68. The van der Waals surface area contributed by atoms with Crippen LogP contribution in [0, 0.1) is 0 Å². The van der Waals surface area contributed by atoms with Crippen molar-refractivity contribution in [1.82, 2.24) is 10.2 Å². The Kier molecular flexibility index (Phi) is 5.22. The maximum atomic E-state index is 3.67. The van der Waals surface area contributed by atoms with E-state index in [0.717, 1.165) is 6.54 Å². The molecule has 1 unspecified atom stereocenters. The zero-order valence-electron chi connectivity index (χ0n) is 13.6. The second-order valence-electron chi connectivity index (χ2n) is 7.00. The number of hydrogen-bond acceptors (Lipinski definition) is 2. The van der Waals surface area contributed by atoms with Crippen molar-refractivity contribution >= 4 is 0 Å². The Morgan fingerprint density at radius 3 is 2.10 bits per heavy atom. The van der Waals surface area contributed by atoms with Crippen molar-refractivity contribution in [2.24, 2.45) is 0 Å².